The summed E-state index contributed by atoms with van der Waals surface area (Å²) in [6.45, 7) is 4.12. The molecule has 2 rings (SSSR count). The molecule has 8 heteroatoms. The van der Waals surface area contributed by atoms with Crippen LogP contribution in [-0.4, -0.2) is 38.7 Å². The monoisotopic (exact) mass is 267 g/mol. The normalized spacial score (nSPS) is 21.6. The Hall–Kier alpha value is -1.96. The summed E-state index contributed by atoms with van der Waals surface area (Å²) in [7, 11) is 0. The zero-order valence-corrected chi connectivity index (χ0v) is 10.9. The van der Waals surface area contributed by atoms with Crippen LogP contribution in [0.25, 0.3) is 0 Å². The molecule has 1 aromatic rings. The van der Waals surface area contributed by atoms with E-state index in [1.165, 1.54) is 0 Å². The third kappa shape index (κ3) is 2.90. The Morgan fingerprint density at radius 2 is 2.16 bits per heavy atom. The van der Waals surface area contributed by atoms with Crippen LogP contribution in [0.15, 0.2) is 0 Å². The molecule has 0 saturated heterocycles. The smallest absolute Gasteiger partial charge is 0.332 e. The summed E-state index contributed by atoms with van der Waals surface area (Å²) in [5, 5.41) is 26.3. The molecule has 0 spiro atoms. The molecule has 1 aromatic heterocycles. The van der Waals surface area contributed by atoms with Gasteiger partial charge in [0.15, 0.2) is 0 Å². The minimum absolute atomic E-state index is 0.0254. The van der Waals surface area contributed by atoms with Gasteiger partial charge in [-0.2, -0.15) is 4.98 Å². The van der Waals surface area contributed by atoms with Crippen molar-refractivity contribution in [1.29, 1.82) is 0 Å². The molecule has 19 heavy (non-hydrogen) atoms. The van der Waals surface area contributed by atoms with Gasteiger partial charge in [0.1, 0.15) is 5.69 Å². The molecule has 8 nitrogen and oxygen atoms in total. The number of nitrogens with one attached hydrogen (secondary N) is 2. The maximum Gasteiger partial charge on any atom is 0.332 e. The summed E-state index contributed by atoms with van der Waals surface area (Å²) in [6, 6.07) is 0.0254. The lowest BCUT2D eigenvalue weighted by Crippen LogP contribution is -2.39. The summed E-state index contributed by atoms with van der Waals surface area (Å²) < 4.78 is 0. The van der Waals surface area contributed by atoms with E-state index in [9.17, 15) is 15.2 Å². The Bertz CT molecular complexity index is 487. The van der Waals surface area contributed by atoms with Crippen LogP contribution >= 0.6 is 0 Å². The van der Waals surface area contributed by atoms with E-state index in [2.05, 4.69) is 20.6 Å². The van der Waals surface area contributed by atoms with E-state index in [0.29, 0.717) is 31.0 Å². The molecule has 0 aromatic carbocycles. The molecule has 0 atom stereocenters. The molecule has 1 aliphatic carbocycles. The van der Waals surface area contributed by atoms with E-state index in [4.69, 9.17) is 0 Å². The minimum Gasteiger partial charge on any atom is -0.393 e. The minimum atomic E-state index is -0.484. The molecule has 1 aliphatic rings. The number of hydrogen-bond acceptors (Lipinski definition) is 7. The second-order valence-corrected chi connectivity index (χ2v) is 4.58. The van der Waals surface area contributed by atoms with Crippen LogP contribution in [0, 0.1) is 17.0 Å². The second kappa shape index (κ2) is 5.35. The van der Waals surface area contributed by atoms with Crippen LogP contribution in [0.1, 0.15) is 25.5 Å². The Balaban J connectivity index is 2.28. The van der Waals surface area contributed by atoms with Crippen molar-refractivity contribution in [2.45, 2.75) is 38.8 Å². The molecule has 104 valence electrons. The zero-order chi connectivity index (χ0) is 14.0. The van der Waals surface area contributed by atoms with Crippen molar-refractivity contribution in [3.63, 3.8) is 0 Å². The molecule has 0 unspecified atom stereocenters. The van der Waals surface area contributed by atoms with Gasteiger partial charge in [-0.15, -0.1) is 0 Å². The number of rotatable bonds is 5. The van der Waals surface area contributed by atoms with Gasteiger partial charge in [-0.05, 0) is 26.7 Å². The fourth-order valence-corrected chi connectivity index (χ4v) is 2.02. The van der Waals surface area contributed by atoms with E-state index in [-0.39, 0.29) is 23.7 Å². The van der Waals surface area contributed by atoms with E-state index < -0.39 is 4.92 Å². The van der Waals surface area contributed by atoms with Crippen molar-refractivity contribution in [3.05, 3.63) is 15.8 Å². The van der Waals surface area contributed by atoms with E-state index in [1.54, 1.807) is 6.92 Å². The topological polar surface area (TPSA) is 113 Å². The van der Waals surface area contributed by atoms with E-state index in [1.807, 2.05) is 6.92 Å². The highest BCUT2D eigenvalue weighted by Crippen LogP contribution is 2.30. The average molecular weight is 267 g/mol. The predicted octanol–water partition coefficient (Wildman–Crippen LogP) is 1.06. The van der Waals surface area contributed by atoms with Gasteiger partial charge < -0.3 is 15.7 Å². The van der Waals surface area contributed by atoms with Gasteiger partial charge in [0.2, 0.25) is 11.8 Å². The number of aliphatic hydroxyl groups excluding tert-OH is 1. The molecule has 1 heterocycles. The number of hydrogen-bond donors (Lipinski definition) is 3. The summed E-state index contributed by atoms with van der Waals surface area (Å²) in [5.74, 6) is 0.582. The van der Waals surface area contributed by atoms with Gasteiger partial charge in [0, 0.05) is 12.6 Å². The summed E-state index contributed by atoms with van der Waals surface area (Å²) in [4.78, 5) is 18.8. The molecule has 0 radical (unpaired) electrons. The van der Waals surface area contributed by atoms with Crippen molar-refractivity contribution in [2.75, 3.05) is 17.2 Å². The maximum atomic E-state index is 11.1. The number of aliphatic hydroxyl groups is 1. The van der Waals surface area contributed by atoms with Crippen molar-refractivity contribution in [2.24, 2.45) is 0 Å². The lowest BCUT2D eigenvalue weighted by molar-refractivity contribution is -0.385. The zero-order valence-electron chi connectivity index (χ0n) is 10.9. The van der Waals surface area contributed by atoms with Crippen LogP contribution in [0.5, 0.6) is 0 Å². The summed E-state index contributed by atoms with van der Waals surface area (Å²) >= 11 is 0. The maximum absolute atomic E-state index is 11.1. The summed E-state index contributed by atoms with van der Waals surface area (Å²) in [5.41, 5.74) is 0.210. The molecule has 0 aliphatic heterocycles. The van der Waals surface area contributed by atoms with Gasteiger partial charge in [-0.25, -0.2) is 4.98 Å². The highest BCUT2D eigenvalue weighted by molar-refractivity contribution is 5.61. The van der Waals surface area contributed by atoms with Crippen LogP contribution in [0.2, 0.25) is 0 Å². The number of nitro groups is 1. The number of nitrogens with zero attached hydrogens (tertiary/aromatic N) is 3. The highest BCUT2D eigenvalue weighted by Gasteiger charge is 2.31. The Morgan fingerprint density at radius 1 is 1.47 bits per heavy atom. The fourth-order valence-electron chi connectivity index (χ4n) is 2.02. The van der Waals surface area contributed by atoms with Gasteiger partial charge in [-0.1, -0.05) is 0 Å². The molecule has 3 N–H and O–H groups in total. The Morgan fingerprint density at radius 3 is 2.68 bits per heavy atom. The Labute approximate surface area is 110 Å². The first-order valence-electron chi connectivity index (χ1n) is 6.22. The summed E-state index contributed by atoms with van der Waals surface area (Å²) in [6.07, 6.45) is 0.834. The lowest BCUT2D eigenvalue weighted by atomic mass is 9.89. The standard InChI is InChI=1S/C11H17N5O3/c1-3-12-11-13-6(2)9(16(18)19)10(15-11)14-7-4-8(17)5-7/h7-8,17H,3-5H2,1-2H3,(H2,12,13,14,15). The van der Waals surface area contributed by atoms with Gasteiger partial charge in [0.05, 0.1) is 11.0 Å². The molecule has 0 amide bonds. The molecule has 0 bridgehead atoms. The van der Waals surface area contributed by atoms with Crippen molar-refractivity contribution in [1.82, 2.24) is 9.97 Å². The number of aryl methyl sites for hydroxylation is 1. The van der Waals surface area contributed by atoms with Crippen LogP contribution < -0.4 is 10.6 Å². The van der Waals surface area contributed by atoms with E-state index in [0.717, 1.165) is 0 Å². The largest absolute Gasteiger partial charge is 0.393 e. The van der Waals surface area contributed by atoms with Crippen molar-refractivity contribution < 1.29 is 10.0 Å². The molecular weight excluding hydrogens is 250 g/mol. The van der Waals surface area contributed by atoms with Crippen molar-refractivity contribution >= 4 is 17.5 Å². The first-order valence-corrected chi connectivity index (χ1v) is 6.22. The van der Waals surface area contributed by atoms with Crippen molar-refractivity contribution in [3.8, 4) is 0 Å². The van der Waals surface area contributed by atoms with Crippen LogP contribution in [-0.2, 0) is 0 Å². The van der Waals surface area contributed by atoms with E-state index >= 15 is 0 Å². The molecule has 1 fully saturated rings. The molecular formula is C11H17N5O3. The van der Waals surface area contributed by atoms with Gasteiger partial charge in [0.25, 0.3) is 0 Å². The van der Waals surface area contributed by atoms with Gasteiger partial charge >= 0.3 is 5.69 Å². The Kier molecular flexibility index (Phi) is 3.79. The van der Waals surface area contributed by atoms with Crippen LogP contribution in [0.3, 0.4) is 0 Å². The lowest BCUT2D eigenvalue weighted by Gasteiger charge is -2.32. The predicted molar refractivity (Wildman–Crippen MR) is 70.2 cm³/mol. The third-order valence-corrected chi connectivity index (χ3v) is 3.03. The number of aromatic nitrogens is 2. The molecule has 1 saturated carbocycles. The van der Waals surface area contributed by atoms with Crippen LogP contribution in [0.4, 0.5) is 17.5 Å². The second-order valence-electron chi connectivity index (χ2n) is 4.58. The van der Waals surface area contributed by atoms with Gasteiger partial charge in [-0.3, -0.25) is 10.1 Å². The fraction of sp³-hybridized carbons (Fsp3) is 0.636. The number of anilines is 2. The quantitative estimate of drug-likeness (QED) is 0.540. The average Bonchev–Trinajstić information content (AvgIpc) is 2.26. The SMILES string of the molecule is CCNc1nc(C)c([N+](=O)[O-])c(NC2CC(O)C2)n1. The highest BCUT2D eigenvalue weighted by atomic mass is 16.6. The first-order chi connectivity index (χ1) is 9.01. The third-order valence-electron chi connectivity index (χ3n) is 3.03. The first kappa shape index (κ1) is 13.5.